The Balaban J connectivity index is 4.39. The number of rotatable bonds is 44. The van der Waals surface area contributed by atoms with Gasteiger partial charge in [-0.05, 0) is 64.2 Å². The van der Waals surface area contributed by atoms with Crippen molar-refractivity contribution in [2.45, 2.75) is 245 Å². The molecule has 0 rings (SSSR count). The topological polar surface area (TPSA) is 78.9 Å². The van der Waals surface area contributed by atoms with E-state index in [9.17, 15) is 14.4 Å². The molecule has 0 saturated heterocycles. The molecule has 0 amide bonds. The molecule has 0 heterocycles. The molecular weight excluding hydrogens is 733 g/mol. The van der Waals surface area contributed by atoms with Crippen LogP contribution in [0.3, 0.4) is 0 Å². The van der Waals surface area contributed by atoms with Gasteiger partial charge >= 0.3 is 17.9 Å². The lowest BCUT2D eigenvalue weighted by Gasteiger charge is -2.18. The highest BCUT2D eigenvalue weighted by Crippen LogP contribution is 2.15. The second-order valence-electron chi connectivity index (χ2n) is 16.4. The van der Waals surface area contributed by atoms with Gasteiger partial charge in [0.05, 0.1) is 0 Å². The van der Waals surface area contributed by atoms with Crippen molar-refractivity contribution in [1.29, 1.82) is 0 Å². The Morgan fingerprint density at radius 1 is 0.356 bits per heavy atom. The fourth-order valence-corrected chi connectivity index (χ4v) is 6.82. The smallest absolute Gasteiger partial charge is 0.306 e. The lowest BCUT2D eigenvalue weighted by molar-refractivity contribution is -0.167. The fraction of sp³-hybridized carbons (Fsp3) is 0.755. The van der Waals surface area contributed by atoms with E-state index in [1.165, 1.54) is 103 Å². The molecule has 0 fully saturated rings. The van der Waals surface area contributed by atoms with Gasteiger partial charge in [0.2, 0.25) is 0 Å². The molecule has 0 unspecified atom stereocenters. The average Bonchev–Trinajstić information content (AvgIpc) is 3.23. The van der Waals surface area contributed by atoms with E-state index in [-0.39, 0.29) is 31.1 Å². The number of hydrogen-bond donors (Lipinski definition) is 0. The summed E-state index contributed by atoms with van der Waals surface area (Å²) in [6.07, 6.45) is 57.7. The summed E-state index contributed by atoms with van der Waals surface area (Å²) in [4.78, 5) is 37.8. The zero-order valence-corrected chi connectivity index (χ0v) is 38.8. The molecule has 0 spiro atoms. The number of ether oxygens (including phenoxy) is 3. The van der Waals surface area contributed by atoms with Crippen LogP contribution in [0.1, 0.15) is 239 Å². The first-order chi connectivity index (χ1) is 29.0. The molecule has 0 N–H and O–H groups in total. The lowest BCUT2D eigenvalue weighted by atomic mass is 10.1. The highest BCUT2D eigenvalue weighted by Gasteiger charge is 2.19. The SMILES string of the molecule is CC/C=C\C/C=C\C/C=C\C/C=C\C/C=C\CCCCCC(=O)OC[C@H](COC(=O)CCCCCCCCCCCCC)OC(=O)CCCCCCCCCCCCC. The minimum Gasteiger partial charge on any atom is -0.462 e. The largest absolute Gasteiger partial charge is 0.462 e. The van der Waals surface area contributed by atoms with Crippen LogP contribution in [-0.2, 0) is 28.6 Å². The zero-order chi connectivity index (χ0) is 43.0. The molecule has 0 aromatic heterocycles. The number of esters is 3. The van der Waals surface area contributed by atoms with E-state index in [2.05, 4.69) is 81.5 Å². The number of carbonyl (C=O) groups is 3. The molecule has 0 aliphatic carbocycles. The Labute approximate surface area is 364 Å². The summed E-state index contributed by atoms with van der Waals surface area (Å²) in [7, 11) is 0. The molecule has 6 heteroatoms. The van der Waals surface area contributed by atoms with Gasteiger partial charge in [-0.15, -0.1) is 0 Å². The predicted octanol–water partition coefficient (Wildman–Crippen LogP) is 16.1. The van der Waals surface area contributed by atoms with Crippen molar-refractivity contribution in [3.63, 3.8) is 0 Å². The van der Waals surface area contributed by atoms with Crippen molar-refractivity contribution >= 4 is 17.9 Å². The summed E-state index contributed by atoms with van der Waals surface area (Å²) in [5.74, 6) is -0.914. The highest BCUT2D eigenvalue weighted by molar-refractivity contribution is 5.71. The number of hydrogen-bond acceptors (Lipinski definition) is 6. The van der Waals surface area contributed by atoms with Crippen LogP contribution in [-0.4, -0.2) is 37.2 Å². The molecule has 0 aromatic carbocycles. The first-order valence-electron chi connectivity index (χ1n) is 24.8. The molecule has 0 aliphatic rings. The van der Waals surface area contributed by atoms with Crippen molar-refractivity contribution in [3.8, 4) is 0 Å². The maximum Gasteiger partial charge on any atom is 0.306 e. The highest BCUT2D eigenvalue weighted by atomic mass is 16.6. The number of carbonyl (C=O) groups excluding carboxylic acids is 3. The maximum absolute atomic E-state index is 12.7. The molecule has 6 nitrogen and oxygen atoms in total. The molecule has 0 radical (unpaired) electrons. The fourth-order valence-electron chi connectivity index (χ4n) is 6.82. The maximum atomic E-state index is 12.7. The van der Waals surface area contributed by atoms with E-state index in [1.807, 2.05) is 0 Å². The second kappa shape index (κ2) is 47.8. The molecule has 0 aromatic rings. The van der Waals surface area contributed by atoms with Gasteiger partial charge in [0, 0.05) is 19.3 Å². The van der Waals surface area contributed by atoms with Gasteiger partial charge in [-0.3, -0.25) is 14.4 Å². The molecule has 0 saturated carbocycles. The van der Waals surface area contributed by atoms with Crippen LogP contribution in [0.5, 0.6) is 0 Å². The van der Waals surface area contributed by atoms with Crippen molar-refractivity contribution < 1.29 is 28.6 Å². The summed E-state index contributed by atoms with van der Waals surface area (Å²) >= 11 is 0. The van der Waals surface area contributed by atoms with Crippen LogP contribution in [0, 0.1) is 0 Å². The van der Waals surface area contributed by atoms with Crippen molar-refractivity contribution in [1.82, 2.24) is 0 Å². The minimum atomic E-state index is -0.782. The first kappa shape index (κ1) is 56.1. The van der Waals surface area contributed by atoms with Gasteiger partial charge in [0.25, 0.3) is 0 Å². The van der Waals surface area contributed by atoms with Gasteiger partial charge in [0.15, 0.2) is 6.10 Å². The van der Waals surface area contributed by atoms with E-state index in [0.717, 1.165) is 96.3 Å². The molecule has 0 aliphatic heterocycles. The summed E-state index contributed by atoms with van der Waals surface area (Å²) < 4.78 is 16.7. The van der Waals surface area contributed by atoms with Crippen LogP contribution in [0.15, 0.2) is 60.8 Å². The molecule has 0 bridgehead atoms. The number of unbranched alkanes of at least 4 members (excludes halogenated alkanes) is 23. The number of allylic oxidation sites excluding steroid dienone is 10. The third-order valence-electron chi connectivity index (χ3n) is 10.5. The first-order valence-corrected chi connectivity index (χ1v) is 24.8. The van der Waals surface area contributed by atoms with E-state index < -0.39 is 6.10 Å². The normalized spacial score (nSPS) is 12.5. The minimum absolute atomic E-state index is 0.0820. The standard InChI is InChI=1S/C53H92O6/c1-4-7-10-13-16-19-22-23-24-25-26-27-28-29-32-34-37-40-43-46-52(55)58-49-50(59-53(56)47-44-41-38-35-31-21-18-15-12-9-6-3)48-57-51(54)45-42-39-36-33-30-20-17-14-11-8-5-2/h7,10,16,19,23-24,26-27,29,32,50H,4-6,8-9,11-15,17-18,20-22,25,28,30-31,33-49H2,1-3H3/b10-7-,19-16-,24-23-,27-26-,32-29-/t50-/m0/s1. The summed E-state index contributed by atoms with van der Waals surface area (Å²) in [5, 5.41) is 0. The molecular formula is C53H92O6. The molecule has 340 valence electrons. The van der Waals surface area contributed by atoms with Gasteiger partial charge in [-0.25, -0.2) is 0 Å². The van der Waals surface area contributed by atoms with Crippen LogP contribution in [0.2, 0.25) is 0 Å². The molecule has 1 atom stereocenters. The van der Waals surface area contributed by atoms with Crippen molar-refractivity contribution in [3.05, 3.63) is 60.8 Å². The lowest BCUT2D eigenvalue weighted by Crippen LogP contribution is -2.30. The van der Waals surface area contributed by atoms with Crippen LogP contribution in [0.25, 0.3) is 0 Å². The Morgan fingerprint density at radius 2 is 0.661 bits per heavy atom. The third-order valence-corrected chi connectivity index (χ3v) is 10.5. The van der Waals surface area contributed by atoms with Crippen LogP contribution < -0.4 is 0 Å². The Kier molecular flexibility index (Phi) is 45.4. The zero-order valence-electron chi connectivity index (χ0n) is 38.8. The molecule has 59 heavy (non-hydrogen) atoms. The third kappa shape index (κ3) is 46.0. The van der Waals surface area contributed by atoms with Gasteiger partial charge in [-0.2, -0.15) is 0 Å². The van der Waals surface area contributed by atoms with E-state index >= 15 is 0 Å². The van der Waals surface area contributed by atoms with Crippen molar-refractivity contribution in [2.24, 2.45) is 0 Å². The Morgan fingerprint density at radius 3 is 1.03 bits per heavy atom. The second-order valence-corrected chi connectivity index (χ2v) is 16.4. The summed E-state index contributed by atoms with van der Waals surface area (Å²) in [6, 6.07) is 0. The van der Waals surface area contributed by atoms with E-state index in [4.69, 9.17) is 14.2 Å². The summed E-state index contributed by atoms with van der Waals surface area (Å²) in [6.45, 7) is 6.48. The Bertz CT molecular complexity index is 1090. The van der Waals surface area contributed by atoms with Crippen LogP contribution >= 0.6 is 0 Å². The van der Waals surface area contributed by atoms with E-state index in [1.54, 1.807) is 0 Å². The van der Waals surface area contributed by atoms with Gasteiger partial charge < -0.3 is 14.2 Å². The predicted molar refractivity (Wildman–Crippen MR) is 251 cm³/mol. The monoisotopic (exact) mass is 825 g/mol. The van der Waals surface area contributed by atoms with E-state index in [0.29, 0.717) is 19.3 Å². The van der Waals surface area contributed by atoms with Crippen molar-refractivity contribution in [2.75, 3.05) is 13.2 Å². The Hall–Kier alpha value is -2.89. The van der Waals surface area contributed by atoms with Crippen LogP contribution in [0.4, 0.5) is 0 Å². The quantitative estimate of drug-likeness (QED) is 0.0263. The van der Waals surface area contributed by atoms with Gasteiger partial charge in [0.1, 0.15) is 13.2 Å². The summed E-state index contributed by atoms with van der Waals surface area (Å²) in [5.41, 5.74) is 0. The van der Waals surface area contributed by atoms with Gasteiger partial charge in [-0.1, -0.05) is 216 Å². The average molecular weight is 825 g/mol.